The first-order valence-corrected chi connectivity index (χ1v) is 4.15. The van der Waals surface area contributed by atoms with Crippen LogP contribution in [-0.4, -0.2) is 30.3 Å². The highest BCUT2D eigenvalue weighted by atomic mass is 79.9. The second-order valence-electron chi connectivity index (χ2n) is 1.77. The predicted molar refractivity (Wildman–Crippen MR) is 37.0 cm³/mol. The highest BCUT2D eigenvalue weighted by Crippen LogP contribution is 2.02. The molecule has 1 heterocycles. The molecule has 0 aromatic rings. The normalized spacial score (nSPS) is 22.3. The summed E-state index contributed by atoms with van der Waals surface area (Å²) in [4.78, 5) is 10.2. The van der Waals surface area contributed by atoms with E-state index >= 15 is 0 Å². The van der Waals surface area contributed by atoms with Crippen molar-refractivity contribution in [2.45, 2.75) is 6.42 Å². The first-order chi connectivity index (χ1) is 4.43. The third kappa shape index (κ3) is 2.62. The quantitative estimate of drug-likeness (QED) is 0.613. The predicted octanol–water partition coefficient (Wildman–Crippen LogP) is 0.950. The number of nitrogens with zero attached hydrogens (tertiary/aromatic N) is 1. The molecule has 0 aromatic heterocycles. The van der Waals surface area contributed by atoms with E-state index in [4.69, 9.17) is 9.68 Å². The molecule has 0 spiro atoms. The lowest BCUT2D eigenvalue weighted by Gasteiger charge is -2.23. The lowest BCUT2D eigenvalue weighted by Crippen LogP contribution is -2.31. The van der Waals surface area contributed by atoms with E-state index in [0.29, 0.717) is 0 Å². The van der Waals surface area contributed by atoms with Gasteiger partial charge in [0.2, 0.25) is 0 Å². The molecule has 0 saturated carbocycles. The van der Waals surface area contributed by atoms with Crippen LogP contribution in [0.4, 0.5) is 0 Å². The van der Waals surface area contributed by atoms with Crippen LogP contribution in [0.2, 0.25) is 0 Å². The molecule has 0 aliphatic carbocycles. The van der Waals surface area contributed by atoms with Gasteiger partial charge in [-0.25, -0.2) is 0 Å². The summed E-state index contributed by atoms with van der Waals surface area (Å²) in [6, 6.07) is 0. The fourth-order valence-corrected chi connectivity index (χ4v) is 0.917. The Bertz CT molecular complexity index is 72.6. The Balaban J connectivity index is 2.08. The van der Waals surface area contributed by atoms with Gasteiger partial charge in [0.25, 0.3) is 0 Å². The van der Waals surface area contributed by atoms with Gasteiger partial charge in [-0.15, -0.1) is 0 Å². The standard InChI is InChI=1S/C5H10BrNO2/c6-2-3-7-8-4-1-5-9-7/h1-5H2. The maximum atomic E-state index is 5.10. The Morgan fingerprint density at radius 2 is 2.00 bits per heavy atom. The van der Waals surface area contributed by atoms with Crippen LogP contribution in [0.1, 0.15) is 6.42 Å². The van der Waals surface area contributed by atoms with E-state index in [0.717, 1.165) is 31.5 Å². The van der Waals surface area contributed by atoms with Crippen LogP contribution in [0.15, 0.2) is 0 Å². The zero-order valence-electron chi connectivity index (χ0n) is 5.18. The molecular formula is C5H10BrNO2. The van der Waals surface area contributed by atoms with Gasteiger partial charge in [0.05, 0.1) is 19.8 Å². The molecule has 4 heteroatoms. The molecule has 1 fully saturated rings. The van der Waals surface area contributed by atoms with E-state index in [1.165, 1.54) is 5.23 Å². The Morgan fingerprint density at radius 1 is 1.33 bits per heavy atom. The van der Waals surface area contributed by atoms with Gasteiger partial charge >= 0.3 is 0 Å². The summed E-state index contributed by atoms with van der Waals surface area (Å²) in [6.07, 6.45) is 0.999. The molecule has 54 valence electrons. The highest BCUT2D eigenvalue weighted by Gasteiger charge is 2.09. The molecule has 0 radical (unpaired) electrons. The van der Waals surface area contributed by atoms with Gasteiger partial charge < -0.3 is 0 Å². The summed E-state index contributed by atoms with van der Waals surface area (Å²) in [5, 5.41) is 2.41. The molecule has 0 unspecified atom stereocenters. The fraction of sp³-hybridized carbons (Fsp3) is 1.00. The number of rotatable bonds is 2. The monoisotopic (exact) mass is 195 g/mol. The maximum Gasteiger partial charge on any atom is 0.0734 e. The molecule has 0 N–H and O–H groups in total. The van der Waals surface area contributed by atoms with E-state index in [1.807, 2.05) is 0 Å². The average molecular weight is 196 g/mol. The molecule has 0 atom stereocenters. The van der Waals surface area contributed by atoms with Gasteiger partial charge in [-0.1, -0.05) is 21.2 Å². The second kappa shape index (κ2) is 4.22. The first kappa shape index (κ1) is 7.47. The summed E-state index contributed by atoms with van der Waals surface area (Å²) in [6.45, 7) is 2.36. The smallest absolute Gasteiger partial charge is 0.0734 e. The molecule has 1 aliphatic rings. The van der Waals surface area contributed by atoms with Crippen LogP contribution < -0.4 is 0 Å². The third-order valence-electron chi connectivity index (χ3n) is 1.03. The van der Waals surface area contributed by atoms with Crippen LogP contribution in [-0.2, 0) is 9.68 Å². The number of alkyl halides is 1. The lowest BCUT2D eigenvalue weighted by atomic mass is 10.5. The van der Waals surface area contributed by atoms with Crippen molar-refractivity contribution in [1.29, 1.82) is 0 Å². The van der Waals surface area contributed by atoms with Gasteiger partial charge in [-0.2, -0.15) is 0 Å². The van der Waals surface area contributed by atoms with Crippen molar-refractivity contribution < 1.29 is 9.68 Å². The van der Waals surface area contributed by atoms with Gasteiger partial charge in [0.1, 0.15) is 0 Å². The minimum atomic E-state index is 0.785. The van der Waals surface area contributed by atoms with Crippen LogP contribution in [0.25, 0.3) is 0 Å². The Morgan fingerprint density at radius 3 is 2.56 bits per heavy atom. The number of hydroxylamine groups is 2. The highest BCUT2D eigenvalue weighted by molar-refractivity contribution is 9.09. The van der Waals surface area contributed by atoms with Gasteiger partial charge in [0.15, 0.2) is 0 Å². The van der Waals surface area contributed by atoms with Gasteiger partial charge in [-0.3, -0.25) is 9.68 Å². The molecule has 0 amide bonds. The maximum absolute atomic E-state index is 5.10. The zero-order chi connectivity index (χ0) is 6.53. The average Bonchev–Trinajstić information content (AvgIpc) is 1.91. The summed E-state index contributed by atoms with van der Waals surface area (Å²) in [5.74, 6) is 0. The molecule has 9 heavy (non-hydrogen) atoms. The van der Waals surface area contributed by atoms with E-state index in [1.54, 1.807) is 0 Å². The van der Waals surface area contributed by atoms with Crippen molar-refractivity contribution >= 4 is 15.9 Å². The summed E-state index contributed by atoms with van der Waals surface area (Å²) in [7, 11) is 0. The van der Waals surface area contributed by atoms with Crippen LogP contribution in [0.5, 0.6) is 0 Å². The van der Waals surface area contributed by atoms with Crippen molar-refractivity contribution in [3.8, 4) is 0 Å². The molecule has 1 saturated heterocycles. The zero-order valence-corrected chi connectivity index (χ0v) is 6.76. The SMILES string of the molecule is BrCCN1OCCCO1. The van der Waals surface area contributed by atoms with Crippen molar-refractivity contribution in [3.63, 3.8) is 0 Å². The number of hydrogen-bond donors (Lipinski definition) is 0. The summed E-state index contributed by atoms with van der Waals surface area (Å²) in [5.41, 5.74) is 0. The minimum absolute atomic E-state index is 0.785. The fourth-order valence-electron chi connectivity index (χ4n) is 0.627. The Labute approximate surface area is 63.0 Å². The summed E-state index contributed by atoms with van der Waals surface area (Å²) < 4.78 is 0. The minimum Gasteiger partial charge on any atom is -0.274 e. The van der Waals surface area contributed by atoms with Crippen LogP contribution in [0, 0.1) is 0 Å². The molecule has 1 aliphatic heterocycles. The lowest BCUT2D eigenvalue weighted by molar-refractivity contribution is -0.389. The van der Waals surface area contributed by atoms with Crippen molar-refractivity contribution in [2.75, 3.05) is 25.1 Å². The Kier molecular flexibility index (Phi) is 3.50. The number of hydrogen-bond acceptors (Lipinski definition) is 3. The number of halogens is 1. The van der Waals surface area contributed by atoms with E-state index in [2.05, 4.69) is 15.9 Å². The van der Waals surface area contributed by atoms with Crippen molar-refractivity contribution in [2.24, 2.45) is 0 Å². The molecule has 1 rings (SSSR count). The first-order valence-electron chi connectivity index (χ1n) is 3.03. The largest absolute Gasteiger partial charge is 0.274 e. The van der Waals surface area contributed by atoms with E-state index in [-0.39, 0.29) is 0 Å². The van der Waals surface area contributed by atoms with Crippen molar-refractivity contribution in [3.05, 3.63) is 0 Å². The summed E-state index contributed by atoms with van der Waals surface area (Å²) >= 11 is 3.28. The topological polar surface area (TPSA) is 21.7 Å². The van der Waals surface area contributed by atoms with E-state index in [9.17, 15) is 0 Å². The van der Waals surface area contributed by atoms with E-state index < -0.39 is 0 Å². The molecule has 0 aromatic carbocycles. The Hall–Kier alpha value is 0.360. The molecule has 3 nitrogen and oxygen atoms in total. The van der Waals surface area contributed by atoms with Gasteiger partial charge in [-0.05, 0) is 6.42 Å². The second-order valence-corrected chi connectivity index (χ2v) is 2.56. The molecule has 0 bridgehead atoms. The molecular weight excluding hydrogens is 186 g/mol. The van der Waals surface area contributed by atoms with Crippen LogP contribution >= 0.6 is 15.9 Å². The van der Waals surface area contributed by atoms with Gasteiger partial charge in [0, 0.05) is 5.33 Å². The van der Waals surface area contributed by atoms with Crippen molar-refractivity contribution in [1.82, 2.24) is 5.23 Å². The van der Waals surface area contributed by atoms with Crippen LogP contribution in [0.3, 0.4) is 0 Å². The third-order valence-corrected chi connectivity index (χ3v) is 1.38.